The van der Waals surface area contributed by atoms with E-state index in [-0.39, 0.29) is 42.1 Å². The molecule has 43 heavy (non-hydrogen) atoms. The van der Waals surface area contributed by atoms with Crippen LogP contribution in [0.15, 0.2) is 48.6 Å². The van der Waals surface area contributed by atoms with Gasteiger partial charge in [-0.3, -0.25) is 4.79 Å². The molecule has 10 heteroatoms. The number of aryl methyl sites for hydroxylation is 1. The lowest BCUT2D eigenvalue weighted by molar-refractivity contribution is 0.0456. The molecular weight excluding hydrogens is 586 g/mol. The van der Waals surface area contributed by atoms with Gasteiger partial charge in [0.05, 0.1) is 29.7 Å². The van der Waals surface area contributed by atoms with E-state index in [1.165, 1.54) is 11.1 Å². The van der Waals surface area contributed by atoms with E-state index < -0.39 is 27.3 Å². The molecule has 1 amide bonds. The van der Waals surface area contributed by atoms with Gasteiger partial charge in [0.2, 0.25) is 10.0 Å². The molecule has 6 rings (SSSR count). The molecule has 2 aromatic carbocycles. The Morgan fingerprint density at radius 3 is 2.84 bits per heavy atom. The van der Waals surface area contributed by atoms with Crippen molar-refractivity contribution in [3.8, 4) is 11.8 Å². The minimum absolute atomic E-state index is 0.0675. The Kier molecular flexibility index (Phi) is 8.47. The van der Waals surface area contributed by atoms with Gasteiger partial charge >= 0.3 is 0 Å². The number of nitrogens with zero attached hydrogens (tertiary/aromatic N) is 2. The average Bonchev–Trinajstić information content (AvgIpc) is 3.11. The fourth-order valence-corrected chi connectivity index (χ4v) is 9.03. The van der Waals surface area contributed by atoms with Crippen molar-refractivity contribution in [1.82, 2.24) is 4.72 Å². The third kappa shape index (κ3) is 6.02. The number of carbonyl (C=O) groups is 1. The highest BCUT2D eigenvalue weighted by Gasteiger charge is 2.44. The number of halogens is 1. The van der Waals surface area contributed by atoms with Crippen molar-refractivity contribution < 1.29 is 23.1 Å². The zero-order valence-corrected chi connectivity index (χ0v) is 25.7. The first-order chi connectivity index (χ1) is 20.7. The van der Waals surface area contributed by atoms with Gasteiger partial charge in [0.1, 0.15) is 5.75 Å². The third-order valence-corrected chi connectivity index (χ3v) is 12.0. The number of allylic oxidation sites excluding steroid dienone is 1. The van der Waals surface area contributed by atoms with E-state index in [4.69, 9.17) is 21.6 Å². The van der Waals surface area contributed by atoms with Crippen molar-refractivity contribution in [3.05, 3.63) is 70.3 Å². The van der Waals surface area contributed by atoms with Gasteiger partial charge in [-0.25, -0.2) is 13.1 Å². The molecule has 5 atom stereocenters. The Morgan fingerprint density at radius 1 is 1.19 bits per heavy atom. The summed E-state index contributed by atoms with van der Waals surface area (Å²) in [5.41, 5.74) is 3.19. The van der Waals surface area contributed by atoms with Crippen LogP contribution in [0.2, 0.25) is 5.02 Å². The topological polar surface area (TPSA) is 120 Å². The van der Waals surface area contributed by atoms with Crippen molar-refractivity contribution in [3.63, 3.8) is 0 Å². The van der Waals surface area contributed by atoms with Crippen molar-refractivity contribution >= 4 is 33.2 Å². The molecule has 228 valence electrons. The van der Waals surface area contributed by atoms with Crippen LogP contribution in [0.25, 0.3) is 0 Å². The summed E-state index contributed by atoms with van der Waals surface area (Å²) in [7, 11) is -4.05. The van der Waals surface area contributed by atoms with Crippen LogP contribution in [0.5, 0.6) is 5.75 Å². The van der Waals surface area contributed by atoms with Gasteiger partial charge in [-0.15, -0.1) is 0 Å². The number of sulfonamides is 1. The molecule has 8 nitrogen and oxygen atoms in total. The number of anilines is 1. The van der Waals surface area contributed by atoms with Crippen LogP contribution in [0.1, 0.15) is 72.9 Å². The molecule has 2 aliphatic carbocycles. The highest BCUT2D eigenvalue weighted by Crippen LogP contribution is 2.46. The van der Waals surface area contributed by atoms with Crippen LogP contribution in [0, 0.1) is 23.2 Å². The van der Waals surface area contributed by atoms with Crippen LogP contribution in [0.3, 0.4) is 0 Å². The summed E-state index contributed by atoms with van der Waals surface area (Å²) in [5, 5.41) is 20.0. The highest BCUT2D eigenvalue weighted by atomic mass is 35.5. The number of nitriles is 1. The van der Waals surface area contributed by atoms with E-state index in [0.29, 0.717) is 31.9 Å². The average molecular weight is 624 g/mol. The highest BCUT2D eigenvalue weighted by molar-refractivity contribution is 7.90. The van der Waals surface area contributed by atoms with Crippen LogP contribution in [-0.2, 0) is 21.9 Å². The quantitative estimate of drug-likeness (QED) is 0.437. The van der Waals surface area contributed by atoms with E-state index in [1.54, 1.807) is 24.3 Å². The summed E-state index contributed by atoms with van der Waals surface area (Å²) in [6.45, 7) is 1.84. The van der Waals surface area contributed by atoms with Gasteiger partial charge in [-0.2, -0.15) is 5.26 Å². The minimum Gasteiger partial charge on any atom is -0.490 e. The molecule has 1 spiro atoms. The Morgan fingerprint density at radius 2 is 2.05 bits per heavy atom. The molecular formula is C33H38ClN3O5S. The number of aliphatic hydroxyl groups excluding tert-OH is 1. The summed E-state index contributed by atoms with van der Waals surface area (Å²) in [5.74, 6) is 0.308. The Labute approximate surface area is 258 Å². The number of hydrogen-bond acceptors (Lipinski definition) is 7. The Bertz CT molecular complexity index is 1570. The van der Waals surface area contributed by atoms with E-state index in [2.05, 4.69) is 21.8 Å². The first-order valence-corrected chi connectivity index (χ1v) is 17.2. The summed E-state index contributed by atoms with van der Waals surface area (Å²) in [4.78, 5) is 15.7. The van der Waals surface area contributed by atoms with Gasteiger partial charge in [0.15, 0.2) is 0 Å². The molecule has 2 aliphatic heterocycles. The van der Waals surface area contributed by atoms with Gasteiger partial charge in [-0.05, 0) is 105 Å². The molecule has 0 radical (unpaired) electrons. The van der Waals surface area contributed by atoms with Crippen molar-refractivity contribution in [2.45, 2.75) is 74.6 Å². The number of amides is 1. The van der Waals surface area contributed by atoms with E-state index >= 15 is 0 Å². The predicted molar refractivity (Wildman–Crippen MR) is 166 cm³/mol. The Balaban J connectivity index is 1.40. The van der Waals surface area contributed by atoms with E-state index in [0.717, 1.165) is 42.8 Å². The van der Waals surface area contributed by atoms with Gasteiger partial charge in [0.25, 0.3) is 5.91 Å². The predicted octanol–water partition coefficient (Wildman–Crippen LogP) is 5.28. The van der Waals surface area contributed by atoms with Crippen LogP contribution in [-0.4, -0.2) is 50.5 Å². The van der Waals surface area contributed by atoms with Gasteiger partial charge in [-0.1, -0.05) is 29.8 Å². The summed E-state index contributed by atoms with van der Waals surface area (Å²) in [6, 6.07) is 13.3. The molecule has 2 heterocycles. The number of benzene rings is 2. The molecule has 2 N–H and O–H groups in total. The van der Waals surface area contributed by atoms with E-state index in [9.17, 15) is 18.3 Å². The summed E-state index contributed by atoms with van der Waals surface area (Å²) < 4.78 is 35.4. The molecule has 1 saturated carbocycles. The fourth-order valence-electron chi connectivity index (χ4n) is 7.42. The van der Waals surface area contributed by atoms with Crippen LogP contribution < -0.4 is 14.4 Å². The zero-order valence-electron chi connectivity index (χ0n) is 24.2. The Hall–Kier alpha value is -3.06. The van der Waals surface area contributed by atoms with Gasteiger partial charge < -0.3 is 14.7 Å². The first kappa shape index (κ1) is 30.0. The number of hydrogen-bond donors (Lipinski definition) is 2. The second-order valence-electron chi connectivity index (χ2n) is 12.6. The van der Waals surface area contributed by atoms with Crippen LogP contribution in [0.4, 0.5) is 5.69 Å². The summed E-state index contributed by atoms with van der Waals surface area (Å²) in [6.07, 6.45) is 8.70. The molecule has 0 unspecified atom stereocenters. The third-order valence-electron chi connectivity index (χ3n) is 9.91. The van der Waals surface area contributed by atoms with Crippen molar-refractivity contribution in [2.24, 2.45) is 11.8 Å². The fraction of sp³-hybridized carbons (Fsp3) is 0.515. The maximum absolute atomic E-state index is 13.4. The maximum atomic E-state index is 13.4. The lowest BCUT2D eigenvalue weighted by Crippen LogP contribution is -2.49. The minimum atomic E-state index is -4.05. The van der Waals surface area contributed by atoms with Crippen molar-refractivity contribution in [1.29, 1.82) is 5.26 Å². The number of carbonyl (C=O) groups excluding carboxylic acids is 1. The summed E-state index contributed by atoms with van der Waals surface area (Å²) >= 11 is 6.38. The SMILES string of the molecule is N#CCC[C@H]1CC/C=C/[C@H](O)[C@@H]2CC[C@H]2CN2C[C@@]3(CCCc4cc(Cl)ccc43)COc3ccc(cc32)C(=O)NS1(=O)=O. The molecule has 2 bridgehead atoms. The largest absolute Gasteiger partial charge is 0.490 e. The molecule has 1 fully saturated rings. The number of aliphatic hydroxyl groups is 1. The van der Waals surface area contributed by atoms with Crippen molar-refractivity contribution in [2.75, 3.05) is 24.6 Å². The molecule has 0 aromatic heterocycles. The monoisotopic (exact) mass is 623 g/mol. The van der Waals surface area contributed by atoms with E-state index in [1.807, 2.05) is 18.2 Å². The smallest absolute Gasteiger partial charge is 0.264 e. The first-order valence-electron chi connectivity index (χ1n) is 15.3. The number of nitrogens with one attached hydrogen (secondary N) is 1. The number of fused-ring (bicyclic) bond motifs is 4. The standard InChI is InChI=1S/C33H38ClN3O5S/c34-25-11-13-28-22(17-25)5-3-15-33(28)20-37-19-24-9-12-27(24)30(38)8-2-1-6-26(7-4-16-35)43(40,41)36-32(39)23-10-14-31(42-21-33)29(37)18-23/h2,8,10-11,13-14,17-18,24,26-27,30,38H,1,3-7,9,12,15,19-21H2,(H,36,39)/b8-2+/t24-,26+,27+,30-,33-/m0/s1. The second kappa shape index (κ2) is 12.1. The normalized spacial score (nSPS) is 30.8. The lowest BCUT2D eigenvalue weighted by Gasteiger charge is -2.45. The molecule has 4 aliphatic rings. The number of rotatable bonds is 2. The maximum Gasteiger partial charge on any atom is 0.264 e. The molecule has 0 saturated heterocycles. The number of ether oxygens (including phenoxy) is 1. The second-order valence-corrected chi connectivity index (χ2v) is 15.0. The zero-order chi connectivity index (χ0) is 30.2. The van der Waals surface area contributed by atoms with Gasteiger partial charge in [0, 0.05) is 35.5 Å². The molecule has 2 aromatic rings. The van der Waals surface area contributed by atoms with Crippen LogP contribution >= 0.6 is 11.6 Å². The lowest BCUT2D eigenvalue weighted by atomic mass is 9.68.